The number of carboxylic acid groups (broad SMARTS) is 2. The molecule has 0 aliphatic rings. The lowest BCUT2D eigenvalue weighted by Crippen LogP contribution is -2.47. The molecule has 0 fully saturated rings. The Morgan fingerprint density at radius 1 is 0.810 bits per heavy atom. The quantitative estimate of drug-likeness (QED) is 0.250. The van der Waals surface area contributed by atoms with Crippen molar-refractivity contribution in [2.24, 2.45) is 5.73 Å². The minimum Gasteiger partial charge on any atom is -0.481 e. The molecule has 1 atom stereocenters. The van der Waals surface area contributed by atoms with Gasteiger partial charge in [-0.05, 0) is 0 Å². The van der Waals surface area contributed by atoms with E-state index in [2.05, 4.69) is 10.6 Å². The molecule has 0 aromatic carbocycles. The molecule has 7 N–H and O–H groups in total. The first-order chi connectivity index (χ1) is 9.72. The SMILES string of the molecule is NC(CC(=O)O)C(=O)NCC(=O)NCC(=O)NCC(=O)O. The summed E-state index contributed by atoms with van der Waals surface area (Å²) in [6.07, 6.45) is -0.578. The van der Waals surface area contributed by atoms with E-state index in [9.17, 15) is 24.0 Å². The molecular formula is C10H16N4O7. The molecule has 0 spiro atoms. The molecule has 1 unspecified atom stereocenters. The summed E-state index contributed by atoms with van der Waals surface area (Å²) in [7, 11) is 0. The molecule has 0 rings (SSSR count). The summed E-state index contributed by atoms with van der Waals surface area (Å²) < 4.78 is 0. The van der Waals surface area contributed by atoms with Gasteiger partial charge in [0.15, 0.2) is 0 Å². The van der Waals surface area contributed by atoms with E-state index in [1.807, 2.05) is 5.32 Å². The fraction of sp³-hybridized carbons (Fsp3) is 0.500. The summed E-state index contributed by atoms with van der Waals surface area (Å²) in [5.74, 6) is -4.72. The zero-order chi connectivity index (χ0) is 16.4. The Balaban J connectivity index is 3.89. The first kappa shape index (κ1) is 18.3. The van der Waals surface area contributed by atoms with Crippen LogP contribution in [0.1, 0.15) is 6.42 Å². The average Bonchev–Trinajstić information content (AvgIpc) is 2.39. The fourth-order valence-electron chi connectivity index (χ4n) is 1.06. The molecule has 0 aliphatic heterocycles. The highest BCUT2D eigenvalue weighted by Gasteiger charge is 2.17. The average molecular weight is 304 g/mol. The highest BCUT2D eigenvalue weighted by molar-refractivity contribution is 5.91. The Labute approximate surface area is 118 Å². The lowest BCUT2D eigenvalue weighted by atomic mass is 10.2. The third kappa shape index (κ3) is 9.84. The molecule has 11 nitrogen and oxygen atoms in total. The summed E-state index contributed by atoms with van der Waals surface area (Å²) in [5, 5.41) is 23.0. The summed E-state index contributed by atoms with van der Waals surface area (Å²) in [6, 6.07) is -1.28. The number of nitrogens with one attached hydrogen (secondary N) is 3. The van der Waals surface area contributed by atoms with Crippen LogP contribution in [0.25, 0.3) is 0 Å². The first-order valence-corrected chi connectivity index (χ1v) is 5.72. The predicted molar refractivity (Wildman–Crippen MR) is 66.9 cm³/mol. The second kappa shape index (κ2) is 9.25. The standard InChI is InChI=1S/C10H16N4O7/c11-5(1-8(17)18)10(21)14-3-7(16)12-2-6(15)13-4-9(19)20/h5H,1-4,11H2,(H,12,16)(H,13,15)(H,14,21)(H,17,18)(H,19,20). The van der Waals surface area contributed by atoms with Crippen LogP contribution in [0.3, 0.4) is 0 Å². The van der Waals surface area contributed by atoms with Crippen LogP contribution in [0, 0.1) is 0 Å². The van der Waals surface area contributed by atoms with Crippen molar-refractivity contribution in [3.05, 3.63) is 0 Å². The normalized spacial score (nSPS) is 11.1. The second-order valence-corrected chi connectivity index (χ2v) is 3.87. The summed E-state index contributed by atoms with van der Waals surface area (Å²) >= 11 is 0. The smallest absolute Gasteiger partial charge is 0.322 e. The Morgan fingerprint density at radius 2 is 1.29 bits per heavy atom. The molecule has 0 aromatic rings. The highest BCUT2D eigenvalue weighted by atomic mass is 16.4. The van der Waals surface area contributed by atoms with E-state index in [0.29, 0.717) is 0 Å². The van der Waals surface area contributed by atoms with Gasteiger partial charge in [0.2, 0.25) is 17.7 Å². The Bertz CT molecular complexity index is 437. The topological polar surface area (TPSA) is 188 Å². The number of carboxylic acids is 2. The molecule has 3 amide bonds. The van der Waals surface area contributed by atoms with Gasteiger partial charge in [-0.3, -0.25) is 24.0 Å². The van der Waals surface area contributed by atoms with Crippen molar-refractivity contribution in [3.8, 4) is 0 Å². The molecule has 0 aromatic heterocycles. The van der Waals surface area contributed by atoms with Gasteiger partial charge in [0, 0.05) is 0 Å². The maximum Gasteiger partial charge on any atom is 0.322 e. The van der Waals surface area contributed by atoms with E-state index >= 15 is 0 Å². The molecule has 0 heterocycles. The number of carbonyl (C=O) groups excluding carboxylic acids is 3. The minimum absolute atomic E-state index is 0.455. The van der Waals surface area contributed by atoms with Crippen LogP contribution in [-0.2, 0) is 24.0 Å². The van der Waals surface area contributed by atoms with Crippen molar-refractivity contribution in [1.82, 2.24) is 16.0 Å². The maximum absolute atomic E-state index is 11.3. The van der Waals surface area contributed by atoms with Crippen molar-refractivity contribution in [3.63, 3.8) is 0 Å². The van der Waals surface area contributed by atoms with Crippen molar-refractivity contribution < 1.29 is 34.2 Å². The second-order valence-electron chi connectivity index (χ2n) is 3.87. The number of nitrogens with two attached hydrogens (primary N) is 1. The molecule has 118 valence electrons. The lowest BCUT2D eigenvalue weighted by molar-refractivity contribution is -0.139. The van der Waals surface area contributed by atoms with Crippen molar-refractivity contribution in [2.45, 2.75) is 12.5 Å². The third-order valence-corrected chi connectivity index (χ3v) is 2.04. The molecule has 21 heavy (non-hydrogen) atoms. The number of aliphatic carboxylic acids is 2. The summed E-state index contributed by atoms with van der Waals surface area (Å²) in [6.45, 7) is -1.52. The van der Waals surface area contributed by atoms with Gasteiger partial charge in [-0.1, -0.05) is 0 Å². The lowest BCUT2D eigenvalue weighted by Gasteiger charge is -2.10. The largest absolute Gasteiger partial charge is 0.481 e. The zero-order valence-electron chi connectivity index (χ0n) is 10.9. The van der Waals surface area contributed by atoms with Crippen LogP contribution in [0.5, 0.6) is 0 Å². The zero-order valence-corrected chi connectivity index (χ0v) is 10.9. The Hall–Kier alpha value is -2.69. The van der Waals surface area contributed by atoms with Crippen LogP contribution in [0.4, 0.5) is 0 Å². The van der Waals surface area contributed by atoms with E-state index in [1.165, 1.54) is 0 Å². The monoisotopic (exact) mass is 304 g/mol. The molecule has 0 bridgehead atoms. The summed E-state index contributed by atoms with van der Waals surface area (Å²) in [4.78, 5) is 54.1. The number of hydrogen-bond acceptors (Lipinski definition) is 6. The Kier molecular flexibility index (Phi) is 8.07. The van der Waals surface area contributed by atoms with E-state index in [-0.39, 0.29) is 0 Å². The molecule has 11 heteroatoms. The molecular weight excluding hydrogens is 288 g/mol. The van der Waals surface area contributed by atoms with E-state index in [0.717, 1.165) is 0 Å². The Morgan fingerprint density at radius 3 is 1.76 bits per heavy atom. The van der Waals surface area contributed by atoms with E-state index in [1.54, 1.807) is 0 Å². The highest BCUT2D eigenvalue weighted by Crippen LogP contribution is 1.87. The van der Waals surface area contributed by atoms with Crippen molar-refractivity contribution in [1.29, 1.82) is 0 Å². The molecule has 0 radical (unpaired) electrons. The van der Waals surface area contributed by atoms with Gasteiger partial charge in [0.1, 0.15) is 6.54 Å². The number of carbonyl (C=O) groups is 5. The van der Waals surface area contributed by atoms with Gasteiger partial charge in [0.05, 0.1) is 25.6 Å². The van der Waals surface area contributed by atoms with Crippen LogP contribution in [-0.4, -0.2) is 65.5 Å². The van der Waals surface area contributed by atoms with Gasteiger partial charge in [0.25, 0.3) is 0 Å². The van der Waals surface area contributed by atoms with Gasteiger partial charge >= 0.3 is 11.9 Å². The van der Waals surface area contributed by atoms with Crippen molar-refractivity contribution >= 4 is 29.7 Å². The van der Waals surface area contributed by atoms with Gasteiger partial charge in [-0.25, -0.2) is 0 Å². The predicted octanol–water partition coefficient (Wildman–Crippen LogP) is -3.78. The number of amides is 3. The molecule has 0 saturated carbocycles. The van der Waals surface area contributed by atoms with Crippen LogP contribution in [0.15, 0.2) is 0 Å². The first-order valence-electron chi connectivity index (χ1n) is 5.72. The van der Waals surface area contributed by atoms with Crippen molar-refractivity contribution in [2.75, 3.05) is 19.6 Å². The number of rotatable bonds is 9. The fourth-order valence-corrected chi connectivity index (χ4v) is 1.06. The van der Waals surface area contributed by atoms with Gasteiger partial charge in [-0.2, -0.15) is 0 Å². The van der Waals surface area contributed by atoms with Crippen LogP contribution >= 0.6 is 0 Å². The summed E-state index contributed by atoms with van der Waals surface area (Å²) in [5.41, 5.74) is 5.25. The van der Waals surface area contributed by atoms with E-state index in [4.69, 9.17) is 15.9 Å². The third-order valence-electron chi connectivity index (χ3n) is 2.04. The number of hydrogen-bond donors (Lipinski definition) is 6. The molecule has 0 saturated heterocycles. The maximum atomic E-state index is 11.3. The van der Waals surface area contributed by atoms with Gasteiger partial charge < -0.3 is 31.9 Å². The minimum atomic E-state index is -1.28. The molecule has 0 aliphatic carbocycles. The van der Waals surface area contributed by atoms with Gasteiger partial charge in [-0.15, -0.1) is 0 Å². The van der Waals surface area contributed by atoms with Crippen LogP contribution < -0.4 is 21.7 Å². The van der Waals surface area contributed by atoms with E-state index < -0.39 is 61.8 Å². The van der Waals surface area contributed by atoms with Crippen LogP contribution in [0.2, 0.25) is 0 Å².